The third-order valence-electron chi connectivity index (χ3n) is 3.84. The average Bonchev–Trinajstić information content (AvgIpc) is 2.28. The third-order valence-corrected chi connectivity index (χ3v) is 3.84. The van der Waals surface area contributed by atoms with Crippen LogP contribution in [0.1, 0.15) is 26.3 Å². The Hall–Kier alpha value is -1.09. The molecule has 1 atom stereocenters. The minimum Gasteiger partial charge on any atom is -0.368 e. The van der Waals surface area contributed by atoms with Crippen molar-refractivity contribution < 1.29 is 4.39 Å². The Morgan fingerprint density at radius 3 is 2.56 bits per heavy atom. The molecule has 2 rings (SSSR count). The molecule has 0 aromatic heterocycles. The van der Waals surface area contributed by atoms with Crippen molar-refractivity contribution in [2.45, 2.75) is 39.8 Å². The largest absolute Gasteiger partial charge is 0.368 e. The topological polar surface area (TPSA) is 6.48 Å². The van der Waals surface area contributed by atoms with Gasteiger partial charge in [-0.25, -0.2) is 4.39 Å². The van der Waals surface area contributed by atoms with Gasteiger partial charge in [0.15, 0.2) is 0 Å². The fourth-order valence-corrected chi connectivity index (χ4v) is 2.93. The van der Waals surface area contributed by atoms with Crippen molar-refractivity contribution in [2.24, 2.45) is 0 Å². The number of hydrogen-bond donors (Lipinski definition) is 0. The lowest BCUT2D eigenvalue weighted by Gasteiger charge is -2.43. The molecule has 1 aromatic carbocycles. The van der Waals surface area contributed by atoms with Gasteiger partial charge in [0.05, 0.1) is 0 Å². The molecular weight excluding hydrogens is 227 g/mol. The third kappa shape index (κ3) is 2.66. The van der Waals surface area contributed by atoms with Crippen molar-refractivity contribution >= 4 is 5.69 Å². The second-order valence-electron chi connectivity index (χ2n) is 5.56. The molecule has 0 bridgehead atoms. The number of nitrogens with zero attached hydrogens (tertiary/aromatic N) is 2. The number of rotatable bonds is 2. The molecule has 0 radical (unpaired) electrons. The van der Waals surface area contributed by atoms with E-state index >= 15 is 0 Å². The molecule has 1 unspecified atom stereocenters. The zero-order chi connectivity index (χ0) is 13.3. The summed E-state index contributed by atoms with van der Waals surface area (Å²) in [5, 5.41) is 0. The van der Waals surface area contributed by atoms with E-state index in [9.17, 15) is 4.39 Å². The molecule has 0 amide bonds. The van der Waals surface area contributed by atoms with E-state index in [4.69, 9.17) is 0 Å². The summed E-state index contributed by atoms with van der Waals surface area (Å²) in [6, 6.07) is 6.22. The maximum atomic E-state index is 13.1. The lowest BCUT2D eigenvalue weighted by molar-refractivity contribution is 0.148. The van der Waals surface area contributed by atoms with Crippen molar-refractivity contribution in [1.82, 2.24) is 4.90 Å². The molecule has 1 fully saturated rings. The SMILES string of the molecule is Cc1cc(F)ccc1N1CCN(C(C)C)C(C)C1. The predicted molar refractivity (Wildman–Crippen MR) is 74.7 cm³/mol. The van der Waals surface area contributed by atoms with Crippen molar-refractivity contribution in [2.75, 3.05) is 24.5 Å². The van der Waals surface area contributed by atoms with Crippen molar-refractivity contribution in [3.05, 3.63) is 29.6 Å². The molecule has 1 saturated heterocycles. The minimum atomic E-state index is -0.148. The van der Waals surface area contributed by atoms with Gasteiger partial charge in [0.1, 0.15) is 5.82 Å². The Labute approximate surface area is 109 Å². The van der Waals surface area contributed by atoms with E-state index < -0.39 is 0 Å². The zero-order valence-corrected chi connectivity index (χ0v) is 11.8. The molecule has 0 saturated carbocycles. The standard InChI is InChI=1S/C15H23FN2/c1-11(2)18-8-7-17(10-13(18)4)15-6-5-14(16)9-12(15)3/h5-6,9,11,13H,7-8,10H2,1-4H3. The van der Waals surface area contributed by atoms with Gasteiger partial charge in [-0.15, -0.1) is 0 Å². The van der Waals surface area contributed by atoms with Crippen LogP contribution in [0.5, 0.6) is 0 Å². The minimum absolute atomic E-state index is 0.148. The highest BCUT2D eigenvalue weighted by molar-refractivity contribution is 5.53. The Balaban J connectivity index is 2.12. The van der Waals surface area contributed by atoms with E-state index in [1.807, 2.05) is 13.0 Å². The van der Waals surface area contributed by atoms with Gasteiger partial charge >= 0.3 is 0 Å². The van der Waals surface area contributed by atoms with E-state index in [0.717, 1.165) is 25.2 Å². The molecule has 1 aliphatic heterocycles. The molecule has 3 heteroatoms. The first-order valence-corrected chi connectivity index (χ1v) is 6.76. The highest BCUT2D eigenvalue weighted by Crippen LogP contribution is 2.24. The first-order valence-electron chi connectivity index (χ1n) is 6.76. The van der Waals surface area contributed by atoms with Gasteiger partial charge in [-0.05, 0) is 51.5 Å². The quantitative estimate of drug-likeness (QED) is 0.796. The van der Waals surface area contributed by atoms with Gasteiger partial charge in [0.2, 0.25) is 0 Å². The van der Waals surface area contributed by atoms with Crippen molar-refractivity contribution in [3.8, 4) is 0 Å². The number of halogens is 1. The van der Waals surface area contributed by atoms with Crippen LogP contribution in [0.15, 0.2) is 18.2 Å². The first kappa shape index (κ1) is 13.3. The highest BCUT2D eigenvalue weighted by Gasteiger charge is 2.26. The Bertz CT molecular complexity index is 417. The zero-order valence-electron chi connectivity index (χ0n) is 11.8. The molecule has 0 N–H and O–H groups in total. The normalized spacial score (nSPS) is 21.7. The molecule has 0 aliphatic carbocycles. The number of hydrogen-bond acceptors (Lipinski definition) is 2. The summed E-state index contributed by atoms with van der Waals surface area (Å²) >= 11 is 0. The number of benzene rings is 1. The molecule has 100 valence electrons. The van der Waals surface area contributed by atoms with Crippen LogP contribution in [0.4, 0.5) is 10.1 Å². The fourth-order valence-electron chi connectivity index (χ4n) is 2.93. The maximum Gasteiger partial charge on any atom is 0.123 e. The van der Waals surface area contributed by atoms with Gasteiger partial charge in [0, 0.05) is 37.4 Å². The monoisotopic (exact) mass is 250 g/mol. The Morgan fingerprint density at radius 1 is 1.28 bits per heavy atom. The van der Waals surface area contributed by atoms with Gasteiger partial charge in [-0.1, -0.05) is 0 Å². The smallest absolute Gasteiger partial charge is 0.123 e. The summed E-state index contributed by atoms with van der Waals surface area (Å²) in [6.45, 7) is 11.9. The number of anilines is 1. The summed E-state index contributed by atoms with van der Waals surface area (Å²) in [4.78, 5) is 4.90. The van der Waals surface area contributed by atoms with Crippen LogP contribution in [-0.2, 0) is 0 Å². The van der Waals surface area contributed by atoms with Gasteiger partial charge in [-0.2, -0.15) is 0 Å². The predicted octanol–water partition coefficient (Wildman–Crippen LogP) is 3.05. The molecular formula is C15H23FN2. The van der Waals surface area contributed by atoms with Crippen LogP contribution in [-0.4, -0.2) is 36.6 Å². The van der Waals surface area contributed by atoms with Crippen LogP contribution < -0.4 is 4.90 Å². The molecule has 2 nitrogen and oxygen atoms in total. The second-order valence-corrected chi connectivity index (χ2v) is 5.56. The summed E-state index contributed by atoms with van der Waals surface area (Å²) < 4.78 is 13.1. The van der Waals surface area contributed by atoms with Crippen molar-refractivity contribution in [1.29, 1.82) is 0 Å². The van der Waals surface area contributed by atoms with Gasteiger partial charge in [-0.3, -0.25) is 4.90 Å². The molecule has 1 heterocycles. The van der Waals surface area contributed by atoms with Crippen LogP contribution in [0.25, 0.3) is 0 Å². The lowest BCUT2D eigenvalue weighted by Crippen LogP contribution is -2.54. The first-order chi connectivity index (χ1) is 8.49. The van der Waals surface area contributed by atoms with E-state index in [1.54, 1.807) is 12.1 Å². The van der Waals surface area contributed by atoms with Crippen LogP contribution in [0.3, 0.4) is 0 Å². The van der Waals surface area contributed by atoms with E-state index in [2.05, 4.69) is 30.6 Å². The molecule has 1 aromatic rings. The molecule has 1 aliphatic rings. The highest BCUT2D eigenvalue weighted by atomic mass is 19.1. The fraction of sp³-hybridized carbons (Fsp3) is 0.600. The molecule has 18 heavy (non-hydrogen) atoms. The van der Waals surface area contributed by atoms with E-state index in [-0.39, 0.29) is 5.82 Å². The van der Waals surface area contributed by atoms with Crippen molar-refractivity contribution in [3.63, 3.8) is 0 Å². The Kier molecular flexibility index (Phi) is 3.91. The number of aryl methyl sites for hydroxylation is 1. The summed E-state index contributed by atoms with van der Waals surface area (Å²) in [6.07, 6.45) is 0. The Morgan fingerprint density at radius 2 is 2.00 bits per heavy atom. The summed E-state index contributed by atoms with van der Waals surface area (Å²) in [5.41, 5.74) is 2.20. The lowest BCUT2D eigenvalue weighted by atomic mass is 10.1. The average molecular weight is 250 g/mol. The summed E-state index contributed by atoms with van der Waals surface area (Å²) in [5.74, 6) is -0.148. The van der Waals surface area contributed by atoms with Gasteiger partial charge < -0.3 is 4.90 Å². The van der Waals surface area contributed by atoms with Crippen LogP contribution in [0.2, 0.25) is 0 Å². The summed E-state index contributed by atoms with van der Waals surface area (Å²) in [7, 11) is 0. The second kappa shape index (κ2) is 5.27. The van der Waals surface area contributed by atoms with E-state index in [0.29, 0.717) is 12.1 Å². The van der Waals surface area contributed by atoms with Gasteiger partial charge in [0.25, 0.3) is 0 Å². The number of piperazine rings is 1. The van der Waals surface area contributed by atoms with Crippen LogP contribution >= 0.6 is 0 Å². The van der Waals surface area contributed by atoms with E-state index in [1.165, 1.54) is 5.69 Å². The van der Waals surface area contributed by atoms with Crippen LogP contribution in [0, 0.1) is 12.7 Å². The molecule has 0 spiro atoms. The maximum absolute atomic E-state index is 13.1.